The molecule has 0 aliphatic carbocycles. The molecule has 3 N–H and O–H groups in total. The second-order valence-corrected chi connectivity index (χ2v) is 19.6. The first-order chi connectivity index (χ1) is 35.4. The van der Waals surface area contributed by atoms with Crippen LogP contribution >= 0.6 is 11.6 Å². The molecule has 10 rings (SSSR count). The molecule has 6 heterocycles. The number of halogens is 2. The van der Waals surface area contributed by atoms with Gasteiger partial charge in [0.15, 0.2) is 0 Å². The van der Waals surface area contributed by atoms with Gasteiger partial charge in [-0.05, 0) is 116 Å². The van der Waals surface area contributed by atoms with Gasteiger partial charge < -0.3 is 24.3 Å². The summed E-state index contributed by atoms with van der Waals surface area (Å²) >= 11 is 6.20. The Morgan fingerprint density at radius 1 is 0.753 bits per heavy atom. The predicted octanol–water partition coefficient (Wildman–Crippen LogP) is 5.71. The van der Waals surface area contributed by atoms with Crippen LogP contribution in [-0.2, 0) is 43.1 Å². The van der Waals surface area contributed by atoms with E-state index in [0.29, 0.717) is 84.9 Å². The van der Waals surface area contributed by atoms with E-state index in [-0.39, 0.29) is 47.9 Å². The smallest absolute Gasteiger partial charge is 0.277 e. The van der Waals surface area contributed by atoms with Crippen LogP contribution in [0.1, 0.15) is 69.5 Å². The Morgan fingerprint density at radius 2 is 1.48 bits per heavy atom. The maximum Gasteiger partial charge on any atom is 0.277 e. The Bertz CT molecular complexity index is 3080. The zero-order valence-corrected chi connectivity index (χ0v) is 41.1. The molecule has 17 nitrogen and oxygen atoms in total. The molecule has 0 bridgehead atoms. The van der Waals surface area contributed by atoms with E-state index in [1.165, 1.54) is 16.8 Å². The molecule has 2 aromatic heterocycles. The second-order valence-electron chi connectivity index (χ2n) is 19.2. The van der Waals surface area contributed by atoms with Crippen LogP contribution in [0.5, 0.6) is 0 Å². The first-order valence-corrected chi connectivity index (χ1v) is 25.4. The van der Waals surface area contributed by atoms with E-state index in [1.807, 2.05) is 35.2 Å². The van der Waals surface area contributed by atoms with E-state index >= 15 is 0 Å². The first kappa shape index (κ1) is 49.6. The SMILES string of the molecule is O=C1CCC(N2C(=O)c3ccc(N4CCN(CC5CCN(C(=O)COCCOCCCc6ccc(-c7[nH]n(-c8nc9ccc(Cl)cc9[nH]8)c(=O)c7CCc7ccc(F)cc7)cc6)CC5)CC4)cc3C2=O)C(=O)N1. The number of imidazole rings is 1. The first-order valence-electron chi connectivity index (χ1n) is 25.0. The molecule has 6 aromatic rings. The van der Waals surface area contributed by atoms with Crippen molar-refractivity contribution >= 4 is 57.9 Å². The molecule has 0 spiro atoms. The summed E-state index contributed by atoms with van der Waals surface area (Å²) in [6.07, 6.45) is 4.63. The van der Waals surface area contributed by atoms with E-state index in [9.17, 15) is 33.2 Å². The monoisotopic (exact) mass is 1010 g/mol. The number of aromatic amines is 2. The van der Waals surface area contributed by atoms with Gasteiger partial charge in [0.1, 0.15) is 18.5 Å². The summed E-state index contributed by atoms with van der Waals surface area (Å²) in [5.41, 5.74) is 6.77. The molecule has 1 atom stereocenters. The number of anilines is 1. The number of hydrogen-bond acceptors (Lipinski definition) is 11. The number of piperazine rings is 1. The quantitative estimate of drug-likeness (QED) is 0.0705. The molecule has 73 heavy (non-hydrogen) atoms. The fourth-order valence-corrected chi connectivity index (χ4v) is 10.5. The van der Waals surface area contributed by atoms with Crippen molar-refractivity contribution in [1.82, 2.24) is 39.8 Å². The molecule has 3 fully saturated rings. The molecule has 380 valence electrons. The number of carbonyl (C=O) groups is 5. The van der Waals surface area contributed by atoms with Crippen LogP contribution < -0.4 is 15.8 Å². The second kappa shape index (κ2) is 22.0. The fraction of sp³-hybridized carbons (Fsp3) is 0.389. The average molecular weight is 1010 g/mol. The molecular weight excluding hydrogens is 957 g/mol. The molecule has 4 aliphatic heterocycles. The number of nitrogens with one attached hydrogen (secondary N) is 3. The average Bonchev–Trinajstić information content (AvgIpc) is 4.04. The highest BCUT2D eigenvalue weighted by Gasteiger charge is 2.45. The molecule has 4 aromatic carbocycles. The van der Waals surface area contributed by atoms with Gasteiger partial charge in [0.2, 0.25) is 23.7 Å². The van der Waals surface area contributed by atoms with Crippen LogP contribution in [0.4, 0.5) is 10.1 Å². The van der Waals surface area contributed by atoms with Gasteiger partial charge in [0, 0.05) is 75.1 Å². The highest BCUT2D eigenvalue weighted by molar-refractivity contribution is 6.31. The van der Waals surface area contributed by atoms with Crippen molar-refractivity contribution in [3.63, 3.8) is 0 Å². The van der Waals surface area contributed by atoms with Crippen molar-refractivity contribution in [2.24, 2.45) is 5.92 Å². The van der Waals surface area contributed by atoms with E-state index < -0.39 is 29.7 Å². The number of H-pyrrole nitrogens is 2. The third-order valence-corrected chi connectivity index (χ3v) is 14.7. The number of aryl methyl sites for hydroxylation is 2. The lowest BCUT2D eigenvalue weighted by Crippen LogP contribution is -2.54. The highest BCUT2D eigenvalue weighted by Crippen LogP contribution is 2.32. The normalized spacial score (nSPS) is 17.8. The van der Waals surface area contributed by atoms with Crippen molar-refractivity contribution in [3.8, 4) is 17.2 Å². The number of imide groups is 2. The third kappa shape index (κ3) is 11.2. The molecule has 1 unspecified atom stereocenters. The summed E-state index contributed by atoms with van der Waals surface area (Å²) in [6, 6.07) is 24.0. The van der Waals surface area contributed by atoms with Crippen molar-refractivity contribution in [1.29, 1.82) is 0 Å². The van der Waals surface area contributed by atoms with Gasteiger partial charge in [-0.15, -0.1) is 0 Å². The predicted molar refractivity (Wildman–Crippen MR) is 271 cm³/mol. The molecule has 4 aliphatic rings. The van der Waals surface area contributed by atoms with Gasteiger partial charge in [0.25, 0.3) is 17.4 Å². The van der Waals surface area contributed by atoms with E-state index in [1.54, 1.807) is 42.5 Å². The van der Waals surface area contributed by atoms with Gasteiger partial charge in [-0.25, -0.2) is 9.37 Å². The molecule has 3 saturated heterocycles. The Balaban J connectivity index is 0.617. The van der Waals surface area contributed by atoms with Crippen LogP contribution in [0.2, 0.25) is 5.02 Å². The number of benzene rings is 4. The minimum Gasteiger partial charge on any atom is -0.379 e. The van der Waals surface area contributed by atoms with Gasteiger partial charge in [-0.1, -0.05) is 48.0 Å². The number of likely N-dealkylation sites (tertiary alicyclic amines) is 1. The molecule has 0 radical (unpaired) electrons. The van der Waals surface area contributed by atoms with Gasteiger partial charge >= 0.3 is 0 Å². The van der Waals surface area contributed by atoms with E-state index in [4.69, 9.17) is 21.1 Å². The highest BCUT2D eigenvalue weighted by atomic mass is 35.5. The van der Waals surface area contributed by atoms with Crippen molar-refractivity contribution in [2.45, 2.75) is 57.4 Å². The number of fused-ring (bicyclic) bond motifs is 2. The summed E-state index contributed by atoms with van der Waals surface area (Å²) in [7, 11) is 0. The number of ether oxygens (including phenoxy) is 2. The van der Waals surface area contributed by atoms with Crippen LogP contribution in [-0.4, -0.2) is 142 Å². The van der Waals surface area contributed by atoms with Gasteiger partial charge in [0.05, 0.1) is 41.1 Å². The summed E-state index contributed by atoms with van der Waals surface area (Å²) in [5, 5.41) is 6.09. The number of aromatic nitrogens is 4. The maximum absolute atomic E-state index is 13.9. The molecule has 19 heteroatoms. The molecule has 0 saturated carbocycles. The fourth-order valence-electron chi connectivity index (χ4n) is 10.3. The van der Waals surface area contributed by atoms with Crippen molar-refractivity contribution in [3.05, 3.63) is 134 Å². The van der Waals surface area contributed by atoms with E-state index in [2.05, 4.69) is 30.2 Å². The van der Waals surface area contributed by atoms with Gasteiger partial charge in [-0.2, -0.15) is 4.68 Å². The number of piperidine rings is 2. The minimum absolute atomic E-state index is 0.00852. The Kier molecular flexibility index (Phi) is 14.9. The number of nitrogens with zero attached hydrogens (tertiary/aromatic N) is 6. The maximum atomic E-state index is 13.9. The number of hydrogen-bond donors (Lipinski definition) is 3. The number of amides is 5. The molecular formula is C54H57ClFN9O8. The van der Waals surface area contributed by atoms with Crippen molar-refractivity contribution in [2.75, 3.05) is 77.1 Å². The summed E-state index contributed by atoms with van der Waals surface area (Å²) in [5.74, 6) is -1.52. The minimum atomic E-state index is -0.990. The Labute approximate surface area is 425 Å². The number of rotatable bonds is 18. The Morgan fingerprint density at radius 3 is 2.25 bits per heavy atom. The topological polar surface area (TPSA) is 195 Å². The summed E-state index contributed by atoms with van der Waals surface area (Å²) in [4.78, 5) is 92.9. The van der Waals surface area contributed by atoms with E-state index in [0.717, 1.165) is 85.7 Å². The van der Waals surface area contributed by atoms with Crippen LogP contribution in [0, 0.1) is 11.7 Å². The van der Waals surface area contributed by atoms with Crippen LogP contribution in [0.3, 0.4) is 0 Å². The van der Waals surface area contributed by atoms with Crippen LogP contribution in [0.25, 0.3) is 28.2 Å². The lowest BCUT2D eigenvalue weighted by atomic mass is 9.96. The summed E-state index contributed by atoms with van der Waals surface area (Å²) in [6.45, 7) is 6.85. The van der Waals surface area contributed by atoms with Crippen LogP contribution in [0.15, 0.2) is 89.7 Å². The standard InChI is InChI=1S/C54H57ClFN9O8/c55-38-10-16-44-45(30-38)58-54(57-44)65-53(71)42(14-7-35-5-11-39(56)12-6-35)49(60-65)37-8-3-34(4-9-37)2-1-27-72-28-29-73-33-48(67)63-21-19-36(20-22-63)32-61-23-25-62(26-24-61)40-13-15-41-43(31-40)52(70)64(51(41)69)46-17-18-47(66)59-50(46)68/h3-6,8-13,15-16,30-31,36,46,60H,1-2,7,14,17-29,32-33H2,(H,57,58)(H,59,66,68). The summed E-state index contributed by atoms with van der Waals surface area (Å²) < 4.78 is 26.6. The van der Waals surface area contributed by atoms with Gasteiger partial charge in [-0.3, -0.25) is 49.0 Å². The third-order valence-electron chi connectivity index (χ3n) is 14.4. The number of carbonyl (C=O) groups excluding carboxylic acids is 5. The Hall–Kier alpha value is -6.99. The largest absolute Gasteiger partial charge is 0.379 e. The lowest BCUT2D eigenvalue weighted by Gasteiger charge is -2.39. The molecule has 5 amide bonds. The van der Waals surface area contributed by atoms with Crippen molar-refractivity contribution < 1.29 is 37.8 Å². The lowest BCUT2D eigenvalue weighted by molar-refractivity contribution is -0.138. The zero-order chi connectivity index (χ0) is 50.6. The zero-order valence-electron chi connectivity index (χ0n) is 40.4.